The van der Waals surface area contributed by atoms with Crippen molar-refractivity contribution in [2.75, 3.05) is 0 Å². The quantitative estimate of drug-likeness (QED) is 0.0183. The van der Waals surface area contributed by atoms with Crippen molar-refractivity contribution < 1.29 is 46.3 Å². The Labute approximate surface area is 664 Å². The molecule has 0 aromatic heterocycles. The molecule has 0 atom stereocenters. The van der Waals surface area contributed by atoms with Gasteiger partial charge in [-0.3, -0.25) is 0 Å². The Hall–Kier alpha value is -3.80. The van der Waals surface area contributed by atoms with Gasteiger partial charge in [-0.05, 0) is 148 Å². The largest absolute Gasteiger partial charge is 2.00 e. The Bertz CT molecular complexity index is 2710. The first-order chi connectivity index (χ1) is 49.7. The fraction of sp³-hybridized carbons (Fsp3) is 0.629. The molecule has 6 heteroatoms. The minimum Gasteiger partial charge on any atom is -0.493 e. The third-order valence-electron chi connectivity index (χ3n) is 19.9. The molecule has 2 aliphatic heterocycles. The third kappa shape index (κ3) is 46.2. The van der Waals surface area contributed by atoms with Gasteiger partial charge in [0.15, 0.2) is 0 Å². The molecule has 6 rings (SSSR count). The summed E-state index contributed by atoms with van der Waals surface area (Å²) >= 11 is 0. The molecule has 0 N–H and O–H groups in total. The van der Waals surface area contributed by atoms with E-state index < -0.39 is 0 Å². The number of hydrogen-bond donors (Lipinski definition) is 0. The van der Waals surface area contributed by atoms with E-state index in [1.807, 2.05) is 12.2 Å². The second-order valence-electron chi connectivity index (χ2n) is 28.8. The normalized spacial score (nSPS) is 12.1. The van der Waals surface area contributed by atoms with Crippen molar-refractivity contribution in [1.82, 2.24) is 0 Å². The summed E-state index contributed by atoms with van der Waals surface area (Å²) in [6, 6.07) is 35.4. The number of unbranched alkanes of at least 4 members (excludes halogenated alkanes) is 37. The van der Waals surface area contributed by atoms with Crippen molar-refractivity contribution in [3.8, 4) is 0 Å². The molecule has 0 spiro atoms. The molecule has 586 valence electrons. The van der Waals surface area contributed by atoms with Gasteiger partial charge < -0.3 is 38.8 Å². The maximum absolute atomic E-state index is 11.9. The van der Waals surface area contributed by atoms with Crippen molar-refractivity contribution in [3.63, 3.8) is 0 Å². The second kappa shape index (κ2) is 72.4. The smallest absolute Gasteiger partial charge is 0.493 e. The van der Waals surface area contributed by atoms with Crippen LogP contribution in [0, 0.1) is 27.7 Å². The van der Waals surface area contributed by atoms with Gasteiger partial charge in [0.05, 0.1) is 0 Å². The van der Waals surface area contributed by atoms with Crippen LogP contribution < -0.4 is 0 Å². The maximum Gasteiger partial charge on any atom is 2.00 e. The minimum absolute atomic E-state index is 0. The summed E-state index contributed by atoms with van der Waals surface area (Å²) in [5, 5.41) is 0. The number of hydrogen-bond acceptors (Lipinski definition) is 0. The van der Waals surface area contributed by atoms with Gasteiger partial charge >= 0.3 is 36.9 Å². The van der Waals surface area contributed by atoms with Crippen molar-refractivity contribution in [2.24, 2.45) is 0 Å². The predicted molar refractivity (Wildman–Crippen MR) is 453 cm³/mol. The topological polar surface area (TPSA) is 50.6 Å². The minimum atomic E-state index is 0. The van der Waals surface area contributed by atoms with Crippen molar-refractivity contribution in [3.05, 3.63) is 204 Å². The van der Waals surface area contributed by atoms with E-state index in [1.165, 1.54) is 294 Å². The summed E-state index contributed by atoms with van der Waals surface area (Å²) in [4.78, 5) is 0. The fourth-order valence-corrected chi connectivity index (χ4v) is 13.7. The van der Waals surface area contributed by atoms with Gasteiger partial charge in [-0.1, -0.05) is 341 Å². The predicted octanol–water partition coefficient (Wildman–Crippen LogP) is 33.0. The maximum atomic E-state index is 11.9. The zero-order chi connectivity index (χ0) is 74.0. The monoisotopic (exact) mass is 1540 g/mol. The summed E-state index contributed by atoms with van der Waals surface area (Å²) in [5.74, 6) is 0. The molecule has 0 saturated heterocycles. The molecule has 0 saturated carbocycles. The van der Waals surface area contributed by atoms with E-state index in [-0.39, 0.29) is 36.9 Å². The van der Waals surface area contributed by atoms with Crippen LogP contribution in [0.3, 0.4) is 0 Å². The molecule has 0 unspecified atom stereocenters. The van der Waals surface area contributed by atoms with Crippen LogP contribution in [0.1, 0.15) is 416 Å². The number of allylic oxidation sites excluding steroid dienone is 4. The van der Waals surface area contributed by atoms with Crippen LogP contribution in [0.15, 0.2) is 120 Å². The molecule has 0 aliphatic carbocycles. The number of aryl methyl sites for hydroxylation is 4. The first kappa shape index (κ1) is 101. The van der Waals surface area contributed by atoms with Crippen LogP contribution in [-0.4, -0.2) is 9.39 Å². The van der Waals surface area contributed by atoms with Crippen LogP contribution in [-0.2, 0) is 62.6 Å². The van der Waals surface area contributed by atoms with Gasteiger partial charge in [0.25, 0.3) is 0 Å². The SMILES string of the molecule is CCCCCCCCCCCc1cccc(C2=C(CCCC)C(CCCC)=C(c3ccc(CCCCCC)cc3)[N+]2=[N-])c1.CCCCCCc1ccc(C2=CC=C(c3cccc(CCCCCC)c3)[N+]2=[N-])cc1.[CH2-]C.[CH2-]C.[CH2-]CCCCCCCCCCC.[CH2-]CCCCCCCCCCC.[Ni+2].[Pd+2]. The van der Waals surface area contributed by atoms with Gasteiger partial charge in [0, 0.05) is 45.6 Å². The molecular weight excluding hydrogens is 1390 g/mol. The number of rotatable bonds is 53. The van der Waals surface area contributed by atoms with Crippen molar-refractivity contribution >= 4 is 22.8 Å². The van der Waals surface area contributed by atoms with Crippen molar-refractivity contribution in [1.29, 1.82) is 0 Å². The van der Waals surface area contributed by atoms with Crippen LogP contribution in [0.2, 0.25) is 0 Å². The van der Waals surface area contributed by atoms with Crippen LogP contribution in [0.5, 0.6) is 0 Å². The van der Waals surface area contributed by atoms with Crippen LogP contribution in [0.4, 0.5) is 0 Å². The fourth-order valence-electron chi connectivity index (χ4n) is 13.7. The molecule has 0 bridgehead atoms. The Morgan fingerprint density at radius 1 is 0.262 bits per heavy atom. The molecule has 2 aliphatic rings. The standard InChI is InChI=1S/C41H62N2.C28H36N2.2C12H25.2C2H5.Ni.Pd/c1-5-9-13-15-16-17-18-19-21-24-35-25-22-26-37(33-35)41-39(28-12-8-4)38(27-11-7-3)40(43(41)42)36-31-29-34(30-32-36)23-20-14-10-6-2;1-3-5-7-9-12-23-16-18-25(19-17-23)27-20-21-28(30(27)29)26-15-11-14-24(22-26)13-10-8-6-4-2;2*1-3-5-7-9-11-12-10-8-6-4-2;2*1-2;;/h22,25-26,29-33H,5-21,23-24,27-28H2,1-4H3;11,14-22H,3-10,12-13H2,1-2H3;2*1,3-12H2,2H3;2*1H2,2H3;;/q;;4*-1;2*+2. The average molecular weight is 1550 g/mol. The Morgan fingerprint density at radius 2 is 0.524 bits per heavy atom. The zero-order valence-electron chi connectivity index (χ0n) is 68.7. The molecule has 103 heavy (non-hydrogen) atoms. The summed E-state index contributed by atoms with van der Waals surface area (Å²) in [6.45, 7) is 35.8. The van der Waals surface area contributed by atoms with Crippen molar-refractivity contribution in [2.45, 2.75) is 397 Å². The Morgan fingerprint density at radius 3 is 0.864 bits per heavy atom. The Kier molecular flexibility index (Phi) is 71.2. The van der Waals surface area contributed by atoms with E-state index in [9.17, 15) is 11.1 Å². The summed E-state index contributed by atoms with van der Waals surface area (Å²) in [6.07, 6.45) is 70.6. The van der Waals surface area contributed by atoms with Gasteiger partial charge in [0.2, 0.25) is 22.8 Å². The first-order valence-electron chi connectivity index (χ1n) is 42.9. The zero-order valence-corrected chi connectivity index (χ0v) is 71.2. The first-order valence-corrected chi connectivity index (χ1v) is 42.9. The van der Waals surface area contributed by atoms with E-state index >= 15 is 0 Å². The van der Waals surface area contributed by atoms with Crippen LogP contribution in [0.25, 0.3) is 33.9 Å². The van der Waals surface area contributed by atoms with E-state index in [0.717, 1.165) is 117 Å². The molecular formula is C97H158N4NiPd. The Balaban J connectivity index is 0. The molecule has 4 aromatic carbocycles. The summed E-state index contributed by atoms with van der Waals surface area (Å²) < 4.78 is 2.90. The number of benzene rings is 4. The van der Waals surface area contributed by atoms with E-state index in [0.29, 0.717) is 0 Å². The molecule has 0 radical (unpaired) electrons. The van der Waals surface area contributed by atoms with Gasteiger partial charge in [-0.2, -0.15) is 26.7 Å². The second-order valence-corrected chi connectivity index (χ2v) is 28.8. The average Bonchev–Trinajstić information content (AvgIpc) is 1.61. The molecule has 0 amide bonds. The molecule has 4 nitrogen and oxygen atoms in total. The number of nitrogens with zero attached hydrogens (tertiary/aromatic N) is 4. The molecule has 2 heterocycles. The molecule has 4 aromatic rings. The van der Waals surface area contributed by atoms with Crippen LogP contribution >= 0.6 is 0 Å². The third-order valence-corrected chi connectivity index (χ3v) is 19.9. The van der Waals surface area contributed by atoms with Gasteiger partial charge in [-0.15, -0.1) is 0 Å². The van der Waals surface area contributed by atoms with Gasteiger partial charge in [0.1, 0.15) is 0 Å². The summed E-state index contributed by atoms with van der Waals surface area (Å²) in [5.41, 5.74) is 39.2. The molecule has 0 fully saturated rings. The van der Waals surface area contributed by atoms with E-state index in [1.54, 1.807) is 18.5 Å². The van der Waals surface area contributed by atoms with E-state index in [2.05, 4.69) is 180 Å². The van der Waals surface area contributed by atoms with E-state index in [4.69, 9.17) is 0 Å². The summed E-state index contributed by atoms with van der Waals surface area (Å²) in [7, 11) is 0. The van der Waals surface area contributed by atoms with Gasteiger partial charge in [-0.25, -0.2) is 9.39 Å².